The maximum Gasteiger partial charge on any atom is 0.340 e. The van der Waals surface area contributed by atoms with Crippen molar-refractivity contribution in [3.8, 4) is 22.6 Å². The number of anilines is 1. The van der Waals surface area contributed by atoms with Gasteiger partial charge >= 0.3 is 5.97 Å². The summed E-state index contributed by atoms with van der Waals surface area (Å²) in [4.78, 5) is 24.2. The lowest BCUT2D eigenvalue weighted by Gasteiger charge is -2.10. The number of benzene rings is 1. The molecule has 0 fully saturated rings. The second kappa shape index (κ2) is 7.92. The van der Waals surface area contributed by atoms with E-state index >= 15 is 0 Å². The minimum Gasteiger partial charge on any atom is -0.462 e. The third-order valence-electron chi connectivity index (χ3n) is 4.25. The summed E-state index contributed by atoms with van der Waals surface area (Å²) >= 11 is 3.45. The Kier molecular flexibility index (Phi) is 5.60. The van der Waals surface area contributed by atoms with Crippen LogP contribution < -0.4 is 5.73 Å². The first-order chi connectivity index (χ1) is 12.9. The number of aryl methyl sites for hydroxylation is 2. The quantitative estimate of drug-likeness (QED) is 0.582. The fourth-order valence-electron chi connectivity index (χ4n) is 2.97. The summed E-state index contributed by atoms with van der Waals surface area (Å²) in [5.41, 5.74) is 11.4. The Morgan fingerprint density at radius 2 is 2.07 bits per heavy atom. The topological polar surface area (TPSA) is 93.9 Å². The normalized spacial score (nSPS) is 10.8. The molecule has 2 heterocycles. The number of aromatic nitrogens is 3. The summed E-state index contributed by atoms with van der Waals surface area (Å²) in [7, 11) is 0. The van der Waals surface area contributed by atoms with Gasteiger partial charge in [-0.25, -0.2) is 14.8 Å². The SMILES string of the molecule is CCOC(=O)c1cc(-c2nc(N)ncc2Br)[nH]c1-c1cc(C)ccc1CC. The molecule has 0 radical (unpaired) electrons. The lowest BCUT2D eigenvalue weighted by atomic mass is 9.98. The van der Waals surface area contributed by atoms with Crippen LogP contribution in [0.4, 0.5) is 5.95 Å². The highest BCUT2D eigenvalue weighted by Crippen LogP contribution is 2.34. The first kappa shape index (κ1) is 19.1. The molecule has 1 aromatic carbocycles. The van der Waals surface area contributed by atoms with Crippen LogP contribution in [-0.2, 0) is 11.2 Å². The van der Waals surface area contributed by atoms with Crippen molar-refractivity contribution < 1.29 is 9.53 Å². The fourth-order valence-corrected chi connectivity index (χ4v) is 3.37. The van der Waals surface area contributed by atoms with Gasteiger partial charge < -0.3 is 15.5 Å². The molecule has 0 atom stereocenters. The summed E-state index contributed by atoms with van der Waals surface area (Å²) in [6, 6.07) is 7.97. The number of halogens is 1. The molecule has 0 amide bonds. The molecular formula is C20H21BrN4O2. The van der Waals surface area contributed by atoms with Crippen LogP contribution in [0.2, 0.25) is 0 Å². The number of rotatable bonds is 5. The molecule has 27 heavy (non-hydrogen) atoms. The van der Waals surface area contributed by atoms with Crippen LogP contribution in [0.5, 0.6) is 0 Å². The van der Waals surface area contributed by atoms with Gasteiger partial charge in [-0.15, -0.1) is 0 Å². The number of nitrogens with zero attached hydrogens (tertiary/aromatic N) is 2. The van der Waals surface area contributed by atoms with Crippen LogP contribution >= 0.6 is 15.9 Å². The molecule has 0 unspecified atom stereocenters. The molecule has 3 N–H and O–H groups in total. The zero-order valence-electron chi connectivity index (χ0n) is 15.5. The van der Waals surface area contributed by atoms with Crippen molar-refractivity contribution in [1.29, 1.82) is 0 Å². The lowest BCUT2D eigenvalue weighted by Crippen LogP contribution is -2.05. The van der Waals surface area contributed by atoms with E-state index in [-0.39, 0.29) is 11.9 Å². The van der Waals surface area contributed by atoms with Crippen LogP contribution in [0.15, 0.2) is 34.9 Å². The molecule has 0 saturated carbocycles. The van der Waals surface area contributed by atoms with Crippen molar-refractivity contribution in [2.24, 2.45) is 0 Å². The van der Waals surface area contributed by atoms with Gasteiger partial charge in [-0.1, -0.05) is 24.6 Å². The molecule has 0 spiro atoms. The number of nitrogens with one attached hydrogen (secondary N) is 1. The summed E-state index contributed by atoms with van der Waals surface area (Å²) in [5.74, 6) is -0.219. The molecule has 3 rings (SSSR count). The van der Waals surface area contributed by atoms with E-state index in [1.807, 2.05) is 6.92 Å². The Labute approximate surface area is 166 Å². The van der Waals surface area contributed by atoms with E-state index in [1.54, 1.807) is 19.2 Å². The molecule has 0 bridgehead atoms. The Hall–Kier alpha value is -2.67. The Morgan fingerprint density at radius 1 is 1.30 bits per heavy atom. The maximum atomic E-state index is 12.6. The number of hydrogen-bond acceptors (Lipinski definition) is 5. The zero-order valence-corrected chi connectivity index (χ0v) is 17.1. The highest BCUT2D eigenvalue weighted by atomic mass is 79.9. The van der Waals surface area contributed by atoms with Crippen LogP contribution in [0.25, 0.3) is 22.6 Å². The minimum atomic E-state index is -0.378. The monoisotopic (exact) mass is 428 g/mol. The highest BCUT2D eigenvalue weighted by molar-refractivity contribution is 9.10. The second-order valence-corrected chi connectivity index (χ2v) is 6.99. The summed E-state index contributed by atoms with van der Waals surface area (Å²) in [6.07, 6.45) is 2.43. The van der Waals surface area contributed by atoms with E-state index in [0.29, 0.717) is 33.7 Å². The van der Waals surface area contributed by atoms with E-state index in [9.17, 15) is 4.79 Å². The number of carbonyl (C=O) groups is 1. The standard InChI is InChI=1S/C20H21BrN4O2/c1-4-12-7-6-11(3)8-13(12)17-14(19(26)27-5-2)9-16(24-17)18-15(21)10-23-20(22)25-18/h6-10,24H,4-5H2,1-3H3,(H2,22,23,25). The third-order valence-corrected chi connectivity index (χ3v) is 4.83. The number of aromatic amines is 1. The number of H-pyrrole nitrogens is 1. The van der Waals surface area contributed by atoms with Crippen molar-refractivity contribution in [1.82, 2.24) is 15.0 Å². The number of nitrogen functional groups attached to an aromatic ring is 1. The van der Waals surface area contributed by atoms with Crippen molar-refractivity contribution in [2.45, 2.75) is 27.2 Å². The molecule has 0 aliphatic heterocycles. The molecule has 0 aliphatic carbocycles. The van der Waals surface area contributed by atoms with Crippen molar-refractivity contribution in [3.63, 3.8) is 0 Å². The Morgan fingerprint density at radius 3 is 2.78 bits per heavy atom. The van der Waals surface area contributed by atoms with Gasteiger partial charge in [0.1, 0.15) is 5.69 Å². The minimum absolute atomic E-state index is 0.159. The van der Waals surface area contributed by atoms with Crippen LogP contribution in [-0.4, -0.2) is 27.5 Å². The van der Waals surface area contributed by atoms with Crippen LogP contribution in [0.3, 0.4) is 0 Å². The Balaban J connectivity index is 2.24. The second-order valence-electron chi connectivity index (χ2n) is 6.13. The van der Waals surface area contributed by atoms with Gasteiger partial charge in [-0.3, -0.25) is 0 Å². The first-order valence-corrected chi connectivity index (χ1v) is 9.52. The van der Waals surface area contributed by atoms with Crippen LogP contribution in [0.1, 0.15) is 35.3 Å². The number of hydrogen-bond donors (Lipinski definition) is 2. The highest BCUT2D eigenvalue weighted by Gasteiger charge is 2.22. The molecule has 6 nitrogen and oxygen atoms in total. The average Bonchev–Trinajstić information content (AvgIpc) is 3.09. The van der Waals surface area contributed by atoms with Gasteiger partial charge in [0.05, 0.1) is 28.0 Å². The van der Waals surface area contributed by atoms with Gasteiger partial charge in [0.15, 0.2) is 0 Å². The smallest absolute Gasteiger partial charge is 0.340 e. The molecule has 0 aliphatic rings. The largest absolute Gasteiger partial charge is 0.462 e. The van der Waals surface area contributed by atoms with Crippen molar-refractivity contribution in [3.05, 3.63) is 51.6 Å². The van der Waals surface area contributed by atoms with E-state index in [4.69, 9.17) is 10.5 Å². The fraction of sp³-hybridized carbons (Fsp3) is 0.250. The summed E-state index contributed by atoms with van der Waals surface area (Å²) in [5, 5.41) is 0. The predicted molar refractivity (Wildman–Crippen MR) is 109 cm³/mol. The summed E-state index contributed by atoms with van der Waals surface area (Å²) < 4.78 is 5.95. The third kappa shape index (κ3) is 3.88. The predicted octanol–water partition coefficient (Wildman–Crippen LogP) is 4.53. The zero-order chi connectivity index (χ0) is 19.6. The van der Waals surface area contributed by atoms with Gasteiger partial charge in [0.2, 0.25) is 5.95 Å². The number of carbonyl (C=O) groups excluding carboxylic acids is 1. The van der Waals surface area contributed by atoms with Gasteiger partial charge in [0.25, 0.3) is 0 Å². The van der Waals surface area contributed by atoms with Crippen molar-refractivity contribution >= 4 is 27.8 Å². The molecule has 0 saturated heterocycles. The molecule has 140 valence electrons. The van der Waals surface area contributed by atoms with E-state index < -0.39 is 0 Å². The van der Waals surface area contributed by atoms with E-state index in [1.165, 1.54) is 0 Å². The van der Waals surface area contributed by atoms with Gasteiger partial charge in [-0.2, -0.15) is 0 Å². The molecule has 2 aromatic heterocycles. The number of ether oxygens (including phenoxy) is 1. The first-order valence-electron chi connectivity index (χ1n) is 8.73. The number of esters is 1. The summed E-state index contributed by atoms with van der Waals surface area (Å²) in [6.45, 7) is 6.21. The van der Waals surface area contributed by atoms with Crippen LogP contribution in [0, 0.1) is 6.92 Å². The maximum absolute atomic E-state index is 12.6. The van der Waals surface area contributed by atoms with Crippen molar-refractivity contribution in [2.75, 3.05) is 12.3 Å². The molecular weight excluding hydrogens is 408 g/mol. The van der Waals surface area contributed by atoms with E-state index in [0.717, 1.165) is 23.1 Å². The number of nitrogens with two attached hydrogens (primary N) is 1. The molecule has 3 aromatic rings. The van der Waals surface area contributed by atoms with Gasteiger partial charge in [-0.05, 0) is 53.9 Å². The van der Waals surface area contributed by atoms with E-state index in [2.05, 4.69) is 56.0 Å². The lowest BCUT2D eigenvalue weighted by molar-refractivity contribution is 0.0527. The van der Waals surface area contributed by atoms with Gasteiger partial charge in [0, 0.05) is 11.8 Å². The Bertz CT molecular complexity index is 998. The average molecular weight is 429 g/mol. The molecule has 7 heteroatoms.